The van der Waals surface area contributed by atoms with Gasteiger partial charge in [-0.15, -0.1) is 0 Å². The maximum atomic E-state index is 13.3. The van der Waals surface area contributed by atoms with Crippen LogP contribution < -0.4 is 5.32 Å². The molecule has 8 heteroatoms. The van der Waals surface area contributed by atoms with Gasteiger partial charge in [0.25, 0.3) is 0 Å². The maximum absolute atomic E-state index is 13.3. The number of hydrogen-bond acceptors (Lipinski definition) is 6. The second-order valence-corrected chi connectivity index (χ2v) is 11.9. The average molecular weight is 652 g/mol. The fourth-order valence-corrected chi connectivity index (χ4v) is 4.66. The molecule has 2 unspecified atom stereocenters. The number of aldehydes is 1. The van der Waals surface area contributed by atoms with Crippen molar-refractivity contribution < 1.29 is 23.9 Å². The zero-order chi connectivity index (χ0) is 35.6. The molecule has 1 aliphatic rings. The predicted octanol–water partition coefficient (Wildman–Crippen LogP) is 7.28. The van der Waals surface area contributed by atoms with Crippen LogP contribution in [0.15, 0.2) is 72.3 Å². The van der Waals surface area contributed by atoms with Crippen molar-refractivity contribution in [3.8, 4) is 0 Å². The van der Waals surface area contributed by atoms with Crippen LogP contribution in [0.5, 0.6) is 0 Å². The summed E-state index contributed by atoms with van der Waals surface area (Å²) < 4.78 is 5.00. The first-order chi connectivity index (χ1) is 22.5. The van der Waals surface area contributed by atoms with E-state index in [1.165, 1.54) is 17.7 Å². The molecule has 2 aromatic carbocycles. The summed E-state index contributed by atoms with van der Waals surface area (Å²) in [5, 5.41) is 3.05. The molecule has 2 atom stereocenters. The third-order valence-electron chi connectivity index (χ3n) is 6.99. The Hall–Kier alpha value is -3.78. The molecule has 1 saturated heterocycles. The van der Waals surface area contributed by atoms with E-state index in [0.717, 1.165) is 43.2 Å². The van der Waals surface area contributed by atoms with E-state index in [4.69, 9.17) is 4.74 Å². The van der Waals surface area contributed by atoms with Crippen molar-refractivity contribution in [3.05, 3.63) is 83.4 Å². The van der Waals surface area contributed by atoms with E-state index in [-0.39, 0.29) is 30.4 Å². The fourth-order valence-electron chi connectivity index (χ4n) is 4.66. The van der Waals surface area contributed by atoms with Gasteiger partial charge in [0, 0.05) is 37.2 Å². The molecule has 1 aliphatic heterocycles. The van der Waals surface area contributed by atoms with Crippen molar-refractivity contribution in [1.82, 2.24) is 15.1 Å². The predicted molar refractivity (Wildman–Crippen MR) is 193 cm³/mol. The van der Waals surface area contributed by atoms with Gasteiger partial charge in [0.05, 0.1) is 12.6 Å². The van der Waals surface area contributed by atoms with Crippen LogP contribution in [0.1, 0.15) is 103 Å². The first kappa shape index (κ1) is 43.2. The smallest absolute Gasteiger partial charge is 0.333 e. The number of benzene rings is 2. The number of hydrogen-bond donors (Lipinski definition) is 1. The topological polar surface area (TPSA) is 96.0 Å². The SMILES string of the molecule is CCC.CCC.CCOC(=O)/C(C)=C/CN(C)C(=O)C(Cc1ccccc1)NC(=O)C1CCCCN1C(C)C.O=Cc1ccccc1. The van der Waals surface area contributed by atoms with Crippen LogP contribution >= 0.6 is 0 Å². The lowest BCUT2D eigenvalue weighted by molar-refractivity contribution is -0.138. The number of esters is 1. The molecule has 1 N–H and O–H groups in total. The maximum Gasteiger partial charge on any atom is 0.333 e. The molecule has 3 rings (SSSR count). The van der Waals surface area contributed by atoms with Crippen LogP contribution in [0.3, 0.4) is 0 Å². The Morgan fingerprint density at radius 1 is 0.936 bits per heavy atom. The molecule has 0 aliphatic carbocycles. The van der Waals surface area contributed by atoms with Gasteiger partial charge in [-0.1, -0.05) is 114 Å². The number of likely N-dealkylation sites (tertiary alicyclic amines) is 1. The highest BCUT2D eigenvalue weighted by Crippen LogP contribution is 2.20. The first-order valence-corrected chi connectivity index (χ1v) is 17.2. The van der Waals surface area contributed by atoms with Crippen molar-refractivity contribution >= 4 is 24.1 Å². The van der Waals surface area contributed by atoms with E-state index < -0.39 is 12.0 Å². The minimum absolute atomic E-state index is 0.0932. The molecule has 2 amide bonds. The quantitative estimate of drug-likeness (QED) is 0.156. The molecule has 47 heavy (non-hydrogen) atoms. The second kappa shape index (κ2) is 26.3. The minimum Gasteiger partial charge on any atom is -0.463 e. The molecule has 8 nitrogen and oxygen atoms in total. The van der Waals surface area contributed by atoms with Gasteiger partial charge in [-0.05, 0) is 52.6 Å². The van der Waals surface area contributed by atoms with Crippen molar-refractivity contribution in [2.75, 3.05) is 26.7 Å². The van der Waals surface area contributed by atoms with Crippen LogP contribution in [0, 0.1) is 0 Å². The Bertz CT molecular complexity index is 1170. The van der Waals surface area contributed by atoms with E-state index in [0.29, 0.717) is 18.6 Å². The highest BCUT2D eigenvalue weighted by atomic mass is 16.5. The molecule has 0 saturated carbocycles. The molecule has 1 fully saturated rings. The molecule has 0 aromatic heterocycles. The third kappa shape index (κ3) is 18.2. The Balaban J connectivity index is 0.00000125. The fraction of sp³-hybridized carbons (Fsp3) is 0.538. The van der Waals surface area contributed by atoms with Gasteiger partial charge in [0.2, 0.25) is 11.8 Å². The standard InChI is InChI=1S/C26H39N3O4.C7H6O.2C3H8/c1-6-33-26(32)20(4)15-17-28(5)25(31)22(18-21-12-8-7-9-13-21)27-24(30)23-14-10-11-16-29(23)19(2)3;8-6-7-4-2-1-3-5-7;2*1-3-2/h7-9,12-13,15,19,22-23H,6,10-11,14,16-18H2,1-5H3,(H,27,30);1-6H;2*3H2,1-2H3/b20-15+;;;. The van der Waals surface area contributed by atoms with Crippen LogP contribution in [0.2, 0.25) is 0 Å². The van der Waals surface area contributed by atoms with E-state index in [9.17, 15) is 19.2 Å². The molecule has 0 spiro atoms. The van der Waals surface area contributed by atoms with Crippen molar-refractivity contribution in [3.63, 3.8) is 0 Å². The molecule has 1 heterocycles. The van der Waals surface area contributed by atoms with Gasteiger partial charge in [-0.25, -0.2) is 4.79 Å². The number of rotatable bonds is 11. The summed E-state index contributed by atoms with van der Waals surface area (Å²) in [4.78, 5) is 52.2. The van der Waals surface area contributed by atoms with Crippen molar-refractivity contribution in [2.24, 2.45) is 0 Å². The molecular formula is C39H61N3O5. The summed E-state index contributed by atoms with van der Waals surface area (Å²) in [7, 11) is 1.68. The lowest BCUT2D eigenvalue weighted by Gasteiger charge is -2.38. The van der Waals surface area contributed by atoms with E-state index in [1.807, 2.05) is 48.5 Å². The number of likely N-dealkylation sites (N-methyl/N-ethyl adjacent to an activating group) is 1. The van der Waals surface area contributed by atoms with Crippen molar-refractivity contribution in [2.45, 2.75) is 112 Å². The van der Waals surface area contributed by atoms with E-state index in [2.05, 4.69) is 51.8 Å². The van der Waals surface area contributed by atoms with Crippen LogP contribution in [0.4, 0.5) is 0 Å². The highest BCUT2D eigenvalue weighted by Gasteiger charge is 2.33. The molecule has 0 bridgehead atoms. The summed E-state index contributed by atoms with van der Waals surface area (Å²) in [6, 6.07) is 18.2. The summed E-state index contributed by atoms with van der Waals surface area (Å²) in [6.07, 6.45) is 8.32. The Morgan fingerprint density at radius 2 is 1.49 bits per heavy atom. The third-order valence-corrected chi connectivity index (χ3v) is 6.99. The molecule has 0 radical (unpaired) electrons. The van der Waals surface area contributed by atoms with Gasteiger partial charge < -0.3 is 15.0 Å². The number of piperidine rings is 1. The van der Waals surface area contributed by atoms with Gasteiger partial charge in [0.1, 0.15) is 12.3 Å². The number of nitrogens with one attached hydrogen (secondary N) is 1. The van der Waals surface area contributed by atoms with Crippen LogP contribution in [0.25, 0.3) is 0 Å². The van der Waals surface area contributed by atoms with E-state index in [1.54, 1.807) is 39.1 Å². The lowest BCUT2D eigenvalue weighted by Crippen LogP contribution is -2.57. The highest BCUT2D eigenvalue weighted by molar-refractivity contribution is 5.90. The monoisotopic (exact) mass is 651 g/mol. The molecular weight excluding hydrogens is 590 g/mol. The largest absolute Gasteiger partial charge is 0.463 e. The van der Waals surface area contributed by atoms with Gasteiger partial charge in [-0.3, -0.25) is 19.3 Å². The minimum atomic E-state index is -0.683. The summed E-state index contributed by atoms with van der Waals surface area (Å²) in [6.45, 7) is 17.6. The first-order valence-electron chi connectivity index (χ1n) is 17.2. The van der Waals surface area contributed by atoms with Gasteiger partial charge in [0.15, 0.2) is 0 Å². The number of carbonyl (C=O) groups excluding carboxylic acids is 4. The number of nitrogens with zero attached hydrogens (tertiary/aromatic N) is 2. The Morgan fingerprint density at radius 3 is 1.98 bits per heavy atom. The number of amides is 2. The van der Waals surface area contributed by atoms with Crippen LogP contribution in [-0.4, -0.2) is 78.7 Å². The summed E-state index contributed by atoms with van der Waals surface area (Å²) in [5.41, 5.74) is 2.16. The Kier molecular flexibility index (Phi) is 24.2. The number of ether oxygens (including phenoxy) is 1. The van der Waals surface area contributed by atoms with E-state index >= 15 is 0 Å². The number of carbonyl (C=O) groups is 4. The molecule has 262 valence electrons. The normalized spacial score (nSPS) is 14.9. The van der Waals surface area contributed by atoms with Crippen molar-refractivity contribution in [1.29, 1.82) is 0 Å². The summed E-state index contributed by atoms with van der Waals surface area (Å²) >= 11 is 0. The summed E-state index contributed by atoms with van der Waals surface area (Å²) in [5.74, 6) is -0.671. The van der Waals surface area contributed by atoms with Gasteiger partial charge in [-0.2, -0.15) is 0 Å². The average Bonchev–Trinajstić information content (AvgIpc) is 3.08. The van der Waals surface area contributed by atoms with Crippen LogP contribution in [-0.2, 0) is 25.5 Å². The molecule has 2 aromatic rings. The van der Waals surface area contributed by atoms with Gasteiger partial charge >= 0.3 is 5.97 Å². The Labute approximate surface area is 284 Å². The zero-order valence-electron chi connectivity index (χ0n) is 30.5. The second-order valence-electron chi connectivity index (χ2n) is 11.9. The lowest BCUT2D eigenvalue weighted by atomic mass is 9.98. The zero-order valence-corrected chi connectivity index (χ0v) is 30.5.